The lowest BCUT2D eigenvalue weighted by atomic mass is 9.79. The van der Waals surface area contributed by atoms with Crippen molar-refractivity contribution in [2.24, 2.45) is 5.92 Å². The second kappa shape index (κ2) is 6.76. The molecule has 1 unspecified atom stereocenters. The molecule has 0 bridgehead atoms. The first kappa shape index (κ1) is 14.8. The molecule has 1 N–H and O–H groups in total. The van der Waals surface area contributed by atoms with Crippen LogP contribution in [-0.4, -0.2) is 49.8 Å². The van der Waals surface area contributed by atoms with Gasteiger partial charge in [0.2, 0.25) is 0 Å². The summed E-state index contributed by atoms with van der Waals surface area (Å²) in [4.78, 5) is 2.84. The highest BCUT2D eigenvalue weighted by atomic mass is 16.5. The van der Waals surface area contributed by atoms with E-state index in [0.29, 0.717) is 5.54 Å². The summed E-state index contributed by atoms with van der Waals surface area (Å²) in [6.07, 6.45) is 12.6. The van der Waals surface area contributed by atoms with E-state index in [0.717, 1.165) is 18.6 Å². The van der Waals surface area contributed by atoms with Crippen LogP contribution >= 0.6 is 0 Å². The molecule has 2 saturated carbocycles. The van der Waals surface area contributed by atoms with Crippen LogP contribution in [0.25, 0.3) is 0 Å². The summed E-state index contributed by atoms with van der Waals surface area (Å²) in [5.41, 5.74) is 0.463. The molecule has 2 aliphatic carbocycles. The summed E-state index contributed by atoms with van der Waals surface area (Å²) in [6.45, 7) is 4.76. The van der Waals surface area contributed by atoms with Gasteiger partial charge >= 0.3 is 0 Å². The second-order valence-corrected chi connectivity index (χ2v) is 7.30. The van der Waals surface area contributed by atoms with Crippen molar-refractivity contribution in [2.45, 2.75) is 69.4 Å². The number of unbranched alkanes of at least 4 members (excludes halogenated alkanes) is 1. The van der Waals surface area contributed by atoms with Crippen LogP contribution in [-0.2, 0) is 4.74 Å². The monoisotopic (exact) mass is 280 g/mol. The summed E-state index contributed by atoms with van der Waals surface area (Å²) in [7, 11) is 1.81. The largest absolute Gasteiger partial charge is 0.385 e. The number of nitrogens with one attached hydrogen (secondary N) is 1. The molecule has 1 heterocycles. The molecule has 116 valence electrons. The Morgan fingerprint density at radius 1 is 1.15 bits per heavy atom. The van der Waals surface area contributed by atoms with E-state index in [1.165, 1.54) is 77.4 Å². The van der Waals surface area contributed by atoms with E-state index in [1.54, 1.807) is 0 Å². The lowest BCUT2D eigenvalue weighted by Crippen LogP contribution is -2.65. The van der Waals surface area contributed by atoms with Gasteiger partial charge in [-0.3, -0.25) is 4.90 Å². The summed E-state index contributed by atoms with van der Waals surface area (Å²) >= 11 is 0. The fourth-order valence-corrected chi connectivity index (χ4v) is 4.33. The zero-order valence-corrected chi connectivity index (χ0v) is 13.2. The second-order valence-electron chi connectivity index (χ2n) is 7.30. The Kier molecular flexibility index (Phi) is 5.00. The molecule has 1 saturated heterocycles. The van der Waals surface area contributed by atoms with Gasteiger partial charge in [0, 0.05) is 38.4 Å². The van der Waals surface area contributed by atoms with Crippen molar-refractivity contribution in [3.63, 3.8) is 0 Å². The van der Waals surface area contributed by atoms with E-state index in [9.17, 15) is 0 Å². The van der Waals surface area contributed by atoms with Crippen molar-refractivity contribution in [1.82, 2.24) is 10.2 Å². The highest BCUT2D eigenvalue weighted by Crippen LogP contribution is 2.40. The topological polar surface area (TPSA) is 24.5 Å². The molecule has 3 nitrogen and oxygen atoms in total. The SMILES string of the molecule is COCCCCN1CC2(CCCCC2)NCC1C1CC1. The van der Waals surface area contributed by atoms with Crippen molar-refractivity contribution >= 4 is 0 Å². The van der Waals surface area contributed by atoms with Crippen LogP contribution in [0, 0.1) is 5.92 Å². The maximum absolute atomic E-state index is 5.20. The minimum absolute atomic E-state index is 0.463. The highest BCUT2D eigenvalue weighted by Gasteiger charge is 2.44. The van der Waals surface area contributed by atoms with Gasteiger partial charge in [0.1, 0.15) is 0 Å². The molecule has 0 aromatic carbocycles. The summed E-state index contributed by atoms with van der Waals surface area (Å²) in [6, 6.07) is 0.824. The molecule has 3 heteroatoms. The van der Waals surface area contributed by atoms with E-state index in [-0.39, 0.29) is 0 Å². The average Bonchev–Trinajstić information content (AvgIpc) is 3.29. The summed E-state index contributed by atoms with van der Waals surface area (Å²) in [5, 5.41) is 3.97. The fraction of sp³-hybridized carbons (Fsp3) is 1.00. The minimum Gasteiger partial charge on any atom is -0.385 e. The van der Waals surface area contributed by atoms with Crippen LogP contribution in [0.4, 0.5) is 0 Å². The molecule has 1 atom stereocenters. The lowest BCUT2D eigenvalue weighted by molar-refractivity contribution is 0.0439. The van der Waals surface area contributed by atoms with Crippen LogP contribution in [0.1, 0.15) is 57.8 Å². The van der Waals surface area contributed by atoms with Gasteiger partial charge in [-0.25, -0.2) is 0 Å². The molecular weight excluding hydrogens is 248 g/mol. The van der Waals surface area contributed by atoms with Gasteiger partial charge in [0.25, 0.3) is 0 Å². The van der Waals surface area contributed by atoms with Crippen LogP contribution in [0.5, 0.6) is 0 Å². The predicted molar refractivity (Wildman–Crippen MR) is 83.0 cm³/mol. The van der Waals surface area contributed by atoms with Crippen LogP contribution in [0.2, 0.25) is 0 Å². The minimum atomic E-state index is 0.463. The zero-order chi connectivity index (χ0) is 13.8. The molecule has 1 spiro atoms. The molecule has 3 aliphatic rings. The van der Waals surface area contributed by atoms with Gasteiger partial charge < -0.3 is 10.1 Å². The maximum atomic E-state index is 5.20. The van der Waals surface area contributed by atoms with Gasteiger partial charge in [-0.15, -0.1) is 0 Å². The number of hydrogen-bond donors (Lipinski definition) is 1. The maximum Gasteiger partial charge on any atom is 0.0462 e. The van der Waals surface area contributed by atoms with Crippen molar-refractivity contribution < 1.29 is 4.74 Å². The third-order valence-electron chi connectivity index (χ3n) is 5.68. The molecule has 0 aromatic heterocycles. The van der Waals surface area contributed by atoms with E-state index < -0.39 is 0 Å². The average molecular weight is 280 g/mol. The number of hydrogen-bond acceptors (Lipinski definition) is 3. The van der Waals surface area contributed by atoms with Gasteiger partial charge in [0.05, 0.1) is 0 Å². The van der Waals surface area contributed by atoms with Crippen LogP contribution in [0.15, 0.2) is 0 Å². The van der Waals surface area contributed by atoms with E-state index >= 15 is 0 Å². The van der Waals surface area contributed by atoms with Crippen LogP contribution < -0.4 is 5.32 Å². The number of ether oxygens (including phenoxy) is 1. The molecule has 0 amide bonds. The number of nitrogens with zero attached hydrogens (tertiary/aromatic N) is 1. The predicted octanol–water partition coefficient (Wildman–Crippen LogP) is 2.80. The van der Waals surface area contributed by atoms with Gasteiger partial charge in [-0.05, 0) is 51.0 Å². The first-order valence-electron chi connectivity index (χ1n) is 8.81. The standard InChI is InChI=1S/C17H32N2O/c1-20-12-6-5-11-19-14-17(9-3-2-4-10-17)18-13-16(19)15-7-8-15/h15-16,18H,2-14H2,1H3. The van der Waals surface area contributed by atoms with Gasteiger partial charge in [0.15, 0.2) is 0 Å². The molecule has 3 fully saturated rings. The Labute approximate surface area is 124 Å². The Hall–Kier alpha value is -0.120. The highest BCUT2D eigenvalue weighted by molar-refractivity contribution is 5.03. The van der Waals surface area contributed by atoms with Crippen molar-refractivity contribution in [3.8, 4) is 0 Å². The lowest BCUT2D eigenvalue weighted by Gasteiger charge is -2.50. The molecule has 1 aliphatic heterocycles. The first-order valence-corrected chi connectivity index (χ1v) is 8.81. The normalized spacial score (nSPS) is 30.8. The van der Waals surface area contributed by atoms with Gasteiger partial charge in [-0.2, -0.15) is 0 Å². The Morgan fingerprint density at radius 2 is 1.95 bits per heavy atom. The molecular formula is C17H32N2O. The number of piperazine rings is 1. The molecule has 0 radical (unpaired) electrons. The zero-order valence-electron chi connectivity index (χ0n) is 13.2. The molecule has 3 rings (SSSR count). The Balaban J connectivity index is 1.55. The van der Waals surface area contributed by atoms with E-state index in [1.807, 2.05) is 7.11 Å². The number of rotatable bonds is 6. The van der Waals surface area contributed by atoms with Crippen molar-refractivity contribution in [3.05, 3.63) is 0 Å². The Bertz CT molecular complexity index is 297. The Morgan fingerprint density at radius 3 is 2.65 bits per heavy atom. The van der Waals surface area contributed by atoms with Crippen molar-refractivity contribution in [1.29, 1.82) is 0 Å². The fourth-order valence-electron chi connectivity index (χ4n) is 4.33. The van der Waals surface area contributed by atoms with E-state index in [4.69, 9.17) is 4.74 Å². The molecule has 0 aromatic rings. The quantitative estimate of drug-likeness (QED) is 0.757. The van der Waals surface area contributed by atoms with Crippen LogP contribution in [0.3, 0.4) is 0 Å². The first-order chi connectivity index (χ1) is 9.83. The van der Waals surface area contributed by atoms with E-state index in [2.05, 4.69) is 10.2 Å². The molecule has 20 heavy (non-hydrogen) atoms. The third-order valence-corrected chi connectivity index (χ3v) is 5.68. The van der Waals surface area contributed by atoms with Crippen molar-refractivity contribution in [2.75, 3.05) is 33.4 Å². The third kappa shape index (κ3) is 3.55. The number of methoxy groups -OCH3 is 1. The smallest absolute Gasteiger partial charge is 0.0462 e. The van der Waals surface area contributed by atoms with Gasteiger partial charge in [-0.1, -0.05) is 19.3 Å². The summed E-state index contributed by atoms with van der Waals surface area (Å²) < 4.78 is 5.20. The summed E-state index contributed by atoms with van der Waals surface area (Å²) in [5.74, 6) is 0.992.